The van der Waals surface area contributed by atoms with E-state index in [4.69, 9.17) is 4.74 Å². The molecular formula is C27H38N4O3. The lowest BCUT2D eigenvalue weighted by Gasteiger charge is -2.41. The van der Waals surface area contributed by atoms with Gasteiger partial charge in [-0.1, -0.05) is 38.5 Å². The molecule has 0 aliphatic carbocycles. The largest absolute Gasteiger partial charge is 0.491 e. The van der Waals surface area contributed by atoms with Gasteiger partial charge in [0.25, 0.3) is 5.91 Å². The lowest BCUT2D eigenvalue weighted by Crippen LogP contribution is -2.53. The quantitative estimate of drug-likeness (QED) is 0.742. The van der Waals surface area contributed by atoms with Gasteiger partial charge in [-0.05, 0) is 56.1 Å². The molecule has 2 amide bonds. The van der Waals surface area contributed by atoms with E-state index in [1.165, 1.54) is 5.56 Å². The van der Waals surface area contributed by atoms with Gasteiger partial charge in [0.1, 0.15) is 18.1 Å². The van der Waals surface area contributed by atoms with Crippen molar-refractivity contribution < 1.29 is 14.3 Å². The molecule has 0 radical (unpaired) electrons. The van der Waals surface area contributed by atoms with E-state index >= 15 is 0 Å². The molecular weight excluding hydrogens is 428 g/mol. The predicted octanol–water partition coefficient (Wildman–Crippen LogP) is 3.98. The van der Waals surface area contributed by atoms with Crippen LogP contribution in [0.1, 0.15) is 68.4 Å². The molecule has 3 heterocycles. The minimum absolute atomic E-state index is 0.0370. The lowest BCUT2D eigenvalue weighted by atomic mass is 9.73. The first-order chi connectivity index (χ1) is 16.4. The second-order valence-electron chi connectivity index (χ2n) is 10.4. The summed E-state index contributed by atoms with van der Waals surface area (Å²) in [5, 5.41) is 3.35. The zero-order valence-electron chi connectivity index (χ0n) is 20.8. The van der Waals surface area contributed by atoms with Gasteiger partial charge in [-0.25, -0.2) is 4.98 Å². The van der Waals surface area contributed by atoms with Crippen molar-refractivity contribution in [3.63, 3.8) is 0 Å². The number of aromatic nitrogens is 2. The van der Waals surface area contributed by atoms with E-state index in [-0.39, 0.29) is 17.9 Å². The van der Waals surface area contributed by atoms with Crippen LogP contribution >= 0.6 is 0 Å². The number of amides is 2. The fourth-order valence-electron chi connectivity index (χ4n) is 5.31. The van der Waals surface area contributed by atoms with Crippen LogP contribution in [0.2, 0.25) is 0 Å². The van der Waals surface area contributed by atoms with Gasteiger partial charge in [0.15, 0.2) is 0 Å². The number of carbonyl (C=O) groups is 2. The molecule has 2 aromatic rings. The summed E-state index contributed by atoms with van der Waals surface area (Å²) in [6, 6.07) is 8.22. The van der Waals surface area contributed by atoms with Crippen molar-refractivity contribution in [3.8, 4) is 5.75 Å². The summed E-state index contributed by atoms with van der Waals surface area (Å²) < 4.78 is 8.01. The van der Waals surface area contributed by atoms with Crippen molar-refractivity contribution in [1.29, 1.82) is 0 Å². The molecule has 0 bridgehead atoms. The Balaban J connectivity index is 1.50. The third kappa shape index (κ3) is 5.62. The summed E-state index contributed by atoms with van der Waals surface area (Å²) in [6.45, 7) is 5.98. The summed E-state index contributed by atoms with van der Waals surface area (Å²) in [5.41, 5.74) is 1.27. The van der Waals surface area contributed by atoms with Crippen LogP contribution < -0.4 is 10.1 Å². The molecule has 1 aromatic carbocycles. The predicted molar refractivity (Wildman–Crippen MR) is 132 cm³/mol. The van der Waals surface area contributed by atoms with E-state index in [0.717, 1.165) is 37.9 Å². The zero-order chi connectivity index (χ0) is 24.1. The van der Waals surface area contributed by atoms with Crippen LogP contribution in [-0.2, 0) is 18.3 Å². The van der Waals surface area contributed by atoms with Crippen molar-refractivity contribution in [2.75, 3.05) is 19.7 Å². The number of imidazole rings is 1. The maximum atomic E-state index is 13.7. The smallest absolute Gasteiger partial charge is 0.274 e. The van der Waals surface area contributed by atoms with Crippen LogP contribution in [0.4, 0.5) is 0 Å². The van der Waals surface area contributed by atoms with Gasteiger partial charge < -0.3 is 19.5 Å². The van der Waals surface area contributed by atoms with Crippen LogP contribution in [0.25, 0.3) is 0 Å². The number of likely N-dealkylation sites (tertiary alicyclic amines) is 1. The van der Waals surface area contributed by atoms with E-state index in [1.807, 2.05) is 24.1 Å². The SMILES string of the molecule is CC(C)C[C@H]1COc2ccccc2CCCCC2(CCN(C(=O)c3cn(C)cn3)CC2)C(=O)N1. The van der Waals surface area contributed by atoms with Crippen molar-refractivity contribution >= 4 is 11.8 Å². The first-order valence-electron chi connectivity index (χ1n) is 12.7. The molecule has 1 saturated heterocycles. The van der Waals surface area contributed by atoms with E-state index in [2.05, 4.69) is 36.3 Å². The van der Waals surface area contributed by atoms with E-state index in [1.54, 1.807) is 17.1 Å². The normalized spacial score (nSPS) is 21.2. The fraction of sp³-hybridized carbons (Fsp3) is 0.593. The third-order valence-electron chi connectivity index (χ3n) is 7.27. The van der Waals surface area contributed by atoms with Crippen LogP contribution in [0.3, 0.4) is 0 Å². The number of carbonyl (C=O) groups excluding carboxylic acids is 2. The number of hydrogen-bond donors (Lipinski definition) is 1. The third-order valence-corrected chi connectivity index (χ3v) is 7.27. The maximum Gasteiger partial charge on any atom is 0.274 e. The summed E-state index contributed by atoms with van der Waals surface area (Å²) in [7, 11) is 1.86. The topological polar surface area (TPSA) is 76.5 Å². The molecule has 2 aliphatic heterocycles. The Bertz CT molecular complexity index is 991. The highest BCUT2D eigenvalue weighted by molar-refractivity contribution is 5.92. The molecule has 0 saturated carbocycles. The Morgan fingerprint density at radius 2 is 1.97 bits per heavy atom. The number of ether oxygens (including phenoxy) is 1. The van der Waals surface area contributed by atoms with Crippen LogP contribution in [0, 0.1) is 11.3 Å². The molecule has 1 N–H and O–H groups in total. The van der Waals surface area contributed by atoms with E-state index in [0.29, 0.717) is 44.1 Å². The molecule has 7 nitrogen and oxygen atoms in total. The van der Waals surface area contributed by atoms with Crippen molar-refractivity contribution in [2.45, 2.75) is 64.8 Å². The molecule has 1 fully saturated rings. The lowest BCUT2D eigenvalue weighted by molar-refractivity contribution is -0.135. The average Bonchev–Trinajstić information content (AvgIpc) is 3.26. The Morgan fingerprint density at radius 1 is 1.21 bits per heavy atom. The Kier molecular flexibility index (Phi) is 7.59. The molecule has 1 spiro atoms. The number of piperidine rings is 1. The number of rotatable bonds is 3. The van der Waals surface area contributed by atoms with Crippen molar-refractivity contribution in [2.24, 2.45) is 18.4 Å². The Labute approximate surface area is 202 Å². The fourth-order valence-corrected chi connectivity index (χ4v) is 5.31. The molecule has 184 valence electrons. The molecule has 0 unspecified atom stereocenters. The first kappa shape index (κ1) is 24.3. The Morgan fingerprint density at radius 3 is 2.68 bits per heavy atom. The number of para-hydroxylation sites is 1. The minimum atomic E-state index is -0.436. The van der Waals surface area contributed by atoms with Gasteiger partial charge in [0, 0.05) is 26.3 Å². The van der Waals surface area contributed by atoms with Crippen LogP contribution in [0.5, 0.6) is 5.75 Å². The number of nitrogens with one attached hydrogen (secondary N) is 1. The standard InChI is InChI=1S/C27H38N4O3/c1-20(2)16-22-18-34-24-10-5-4-8-21(24)9-6-7-11-27(26(33)29-22)12-14-31(15-13-27)25(32)23-17-30(3)19-28-23/h4-5,8,10,17,19-20,22H,6-7,9,11-16,18H2,1-3H3,(H,29,33)/t22-/m0/s1. The van der Waals surface area contributed by atoms with Crippen molar-refractivity contribution in [3.05, 3.63) is 48.0 Å². The highest BCUT2D eigenvalue weighted by Gasteiger charge is 2.42. The summed E-state index contributed by atoms with van der Waals surface area (Å²) in [6.07, 6.45) is 9.43. The molecule has 34 heavy (non-hydrogen) atoms. The van der Waals surface area contributed by atoms with Gasteiger partial charge in [-0.15, -0.1) is 0 Å². The number of benzene rings is 1. The minimum Gasteiger partial charge on any atom is -0.491 e. The summed E-state index contributed by atoms with van der Waals surface area (Å²) in [4.78, 5) is 32.7. The summed E-state index contributed by atoms with van der Waals surface area (Å²) >= 11 is 0. The van der Waals surface area contributed by atoms with E-state index in [9.17, 15) is 9.59 Å². The van der Waals surface area contributed by atoms with Crippen LogP contribution in [-0.4, -0.2) is 52.0 Å². The van der Waals surface area contributed by atoms with Gasteiger partial charge in [-0.2, -0.15) is 0 Å². The van der Waals surface area contributed by atoms with Crippen LogP contribution in [0.15, 0.2) is 36.8 Å². The monoisotopic (exact) mass is 466 g/mol. The first-order valence-corrected chi connectivity index (χ1v) is 12.7. The van der Waals surface area contributed by atoms with E-state index < -0.39 is 5.41 Å². The molecule has 1 atom stereocenters. The average molecular weight is 467 g/mol. The second kappa shape index (κ2) is 10.6. The molecule has 2 aliphatic rings. The second-order valence-corrected chi connectivity index (χ2v) is 10.4. The number of fused-ring (bicyclic) bond motifs is 1. The molecule has 1 aromatic heterocycles. The molecule has 4 rings (SSSR count). The van der Waals surface area contributed by atoms with Gasteiger partial charge in [0.05, 0.1) is 17.8 Å². The summed E-state index contributed by atoms with van der Waals surface area (Å²) in [5.74, 6) is 1.46. The van der Waals surface area contributed by atoms with Crippen molar-refractivity contribution in [1.82, 2.24) is 19.8 Å². The highest BCUT2D eigenvalue weighted by atomic mass is 16.5. The zero-order valence-corrected chi connectivity index (χ0v) is 20.8. The van der Waals surface area contributed by atoms with Gasteiger partial charge in [0.2, 0.25) is 5.91 Å². The number of nitrogens with zero attached hydrogens (tertiary/aromatic N) is 3. The number of hydrogen-bond acceptors (Lipinski definition) is 4. The van der Waals surface area contributed by atoms with Gasteiger partial charge >= 0.3 is 0 Å². The number of aryl methyl sites for hydroxylation is 2. The van der Waals surface area contributed by atoms with Gasteiger partial charge in [-0.3, -0.25) is 9.59 Å². The molecule has 7 heteroatoms. The Hall–Kier alpha value is -2.83. The highest BCUT2D eigenvalue weighted by Crippen LogP contribution is 2.38. The maximum absolute atomic E-state index is 13.7.